The first-order valence-electron chi connectivity index (χ1n) is 17.9. The molecule has 0 saturated carbocycles. The Kier molecular flexibility index (Phi) is 7.13. The van der Waals surface area contributed by atoms with Gasteiger partial charge >= 0.3 is 0 Å². The molecule has 53 heavy (non-hydrogen) atoms. The van der Waals surface area contributed by atoms with Crippen LogP contribution in [0.25, 0.3) is 66.6 Å². The van der Waals surface area contributed by atoms with Crippen molar-refractivity contribution in [3.8, 4) is 22.8 Å². The summed E-state index contributed by atoms with van der Waals surface area (Å²) >= 11 is 0. The van der Waals surface area contributed by atoms with Gasteiger partial charge in [-0.3, -0.25) is 14.4 Å². The Hall–Kier alpha value is -6.76. The molecule has 4 aromatic carbocycles. The minimum Gasteiger partial charge on any atom is -0.361 e. The summed E-state index contributed by atoms with van der Waals surface area (Å²) in [5, 5.41) is 11.2. The number of carbonyl (C=O) groups excluding carboxylic acids is 3. The second kappa shape index (κ2) is 12.2. The fraction of sp³-hybridized carbons (Fsp3) is 0.200. The summed E-state index contributed by atoms with van der Waals surface area (Å²) in [7, 11) is 0. The first kappa shape index (κ1) is 31.0. The van der Waals surface area contributed by atoms with Crippen LogP contribution < -0.4 is 5.32 Å². The van der Waals surface area contributed by atoms with Gasteiger partial charge in [0.15, 0.2) is 5.82 Å². The van der Waals surface area contributed by atoms with Crippen molar-refractivity contribution in [2.45, 2.75) is 37.8 Å². The van der Waals surface area contributed by atoms with Crippen molar-refractivity contribution in [1.29, 1.82) is 0 Å². The quantitative estimate of drug-likeness (QED) is 0.135. The number of aromatic nitrogens is 7. The number of nitrogens with one attached hydrogen (secondary N) is 5. The first-order valence-corrected chi connectivity index (χ1v) is 17.9. The Bertz CT molecular complexity index is 2610. The van der Waals surface area contributed by atoms with Gasteiger partial charge in [0.1, 0.15) is 17.9 Å². The van der Waals surface area contributed by atoms with Crippen molar-refractivity contribution in [3.63, 3.8) is 0 Å². The molecule has 2 fully saturated rings. The van der Waals surface area contributed by atoms with Crippen LogP contribution in [0.15, 0.2) is 91.3 Å². The molecular formula is C40H34N10O3. The number of imidazole rings is 2. The molecule has 2 aliphatic rings. The van der Waals surface area contributed by atoms with E-state index >= 15 is 0 Å². The first-order chi connectivity index (χ1) is 25.9. The lowest BCUT2D eigenvalue weighted by atomic mass is 10.1. The minimum absolute atomic E-state index is 0.173. The molecule has 2 atom stereocenters. The summed E-state index contributed by atoms with van der Waals surface area (Å²) in [6.07, 6.45) is 6.36. The van der Waals surface area contributed by atoms with Gasteiger partial charge in [0.2, 0.25) is 11.8 Å². The van der Waals surface area contributed by atoms with Crippen LogP contribution in [0.2, 0.25) is 0 Å². The molecule has 3 amide bonds. The second-order valence-electron chi connectivity index (χ2n) is 13.9. The van der Waals surface area contributed by atoms with E-state index in [9.17, 15) is 14.4 Å². The molecule has 0 radical (unpaired) electrons. The third-order valence-corrected chi connectivity index (χ3v) is 10.6. The summed E-state index contributed by atoms with van der Waals surface area (Å²) < 4.78 is 0. The van der Waals surface area contributed by atoms with Crippen LogP contribution in [0.1, 0.15) is 36.0 Å². The number of nitrogens with zero attached hydrogens (tertiary/aromatic N) is 5. The molecule has 8 aromatic rings. The smallest absolute Gasteiger partial charge is 0.254 e. The lowest BCUT2D eigenvalue weighted by molar-refractivity contribution is -0.139. The number of H-pyrrole nitrogens is 4. The van der Waals surface area contributed by atoms with Crippen molar-refractivity contribution >= 4 is 67.3 Å². The summed E-state index contributed by atoms with van der Waals surface area (Å²) in [4.78, 5) is 65.5. The predicted molar refractivity (Wildman–Crippen MR) is 202 cm³/mol. The molecule has 2 saturated heterocycles. The van der Waals surface area contributed by atoms with Gasteiger partial charge in [0.25, 0.3) is 5.91 Å². The van der Waals surface area contributed by atoms with E-state index in [0.29, 0.717) is 43.0 Å². The third kappa shape index (κ3) is 5.39. The van der Waals surface area contributed by atoms with Crippen LogP contribution in [-0.2, 0) is 9.59 Å². The van der Waals surface area contributed by atoms with Gasteiger partial charge in [0, 0.05) is 64.2 Å². The molecular weight excluding hydrogens is 669 g/mol. The van der Waals surface area contributed by atoms with E-state index in [-0.39, 0.29) is 17.7 Å². The average molecular weight is 703 g/mol. The number of carbonyl (C=O) groups is 3. The highest BCUT2D eigenvalue weighted by molar-refractivity contribution is 6.01. The molecule has 5 N–H and O–H groups in total. The lowest BCUT2D eigenvalue weighted by Gasteiger charge is -2.31. The minimum atomic E-state index is -0.614. The highest BCUT2D eigenvalue weighted by Crippen LogP contribution is 2.30. The number of anilines is 1. The molecule has 0 spiro atoms. The number of amides is 3. The predicted octanol–water partition coefficient (Wildman–Crippen LogP) is 6.37. The van der Waals surface area contributed by atoms with Crippen molar-refractivity contribution in [2.75, 3.05) is 18.4 Å². The van der Waals surface area contributed by atoms with Crippen LogP contribution in [0.4, 0.5) is 5.69 Å². The average Bonchev–Trinajstić information content (AvgIpc) is 4.04. The monoisotopic (exact) mass is 702 g/mol. The molecule has 4 aromatic heterocycles. The van der Waals surface area contributed by atoms with Crippen LogP contribution in [0, 0.1) is 0 Å². The lowest BCUT2D eigenvalue weighted by Crippen LogP contribution is -2.51. The van der Waals surface area contributed by atoms with Crippen LogP contribution in [0.3, 0.4) is 0 Å². The zero-order chi connectivity index (χ0) is 35.6. The molecule has 13 heteroatoms. The van der Waals surface area contributed by atoms with E-state index in [0.717, 1.165) is 73.7 Å². The fourth-order valence-corrected chi connectivity index (χ4v) is 7.89. The maximum Gasteiger partial charge on any atom is 0.254 e. The summed E-state index contributed by atoms with van der Waals surface area (Å²) in [5.41, 5.74) is 8.21. The third-order valence-electron chi connectivity index (χ3n) is 10.6. The molecule has 0 unspecified atom stereocenters. The highest BCUT2D eigenvalue weighted by atomic mass is 16.2. The molecule has 0 bridgehead atoms. The summed E-state index contributed by atoms with van der Waals surface area (Å²) in [6, 6.07) is 23.6. The number of hydrogen-bond donors (Lipinski definition) is 5. The van der Waals surface area contributed by atoms with E-state index < -0.39 is 12.1 Å². The largest absolute Gasteiger partial charge is 0.361 e. The fourth-order valence-electron chi connectivity index (χ4n) is 7.89. The number of benzene rings is 4. The Morgan fingerprint density at radius 2 is 1.43 bits per heavy atom. The number of hydrogen-bond acceptors (Lipinski definition) is 6. The van der Waals surface area contributed by atoms with Crippen molar-refractivity contribution in [3.05, 3.63) is 96.8 Å². The number of rotatable bonds is 6. The topological polar surface area (TPSA) is 172 Å². The Morgan fingerprint density at radius 1 is 0.698 bits per heavy atom. The maximum absolute atomic E-state index is 14.0. The van der Waals surface area contributed by atoms with Gasteiger partial charge in [-0.15, -0.1) is 0 Å². The van der Waals surface area contributed by atoms with Gasteiger partial charge in [0.05, 0.1) is 27.6 Å². The molecule has 0 aliphatic carbocycles. The summed E-state index contributed by atoms with van der Waals surface area (Å²) in [6.45, 7) is 0.961. The van der Waals surface area contributed by atoms with Crippen molar-refractivity contribution in [2.24, 2.45) is 0 Å². The van der Waals surface area contributed by atoms with E-state index in [4.69, 9.17) is 15.0 Å². The van der Waals surface area contributed by atoms with E-state index in [1.807, 2.05) is 73.1 Å². The molecule has 10 rings (SSSR count). The Labute approximate surface area is 301 Å². The second-order valence-corrected chi connectivity index (χ2v) is 13.9. The number of fused-ring (bicyclic) bond motifs is 4. The van der Waals surface area contributed by atoms with E-state index in [1.54, 1.807) is 21.9 Å². The van der Waals surface area contributed by atoms with Gasteiger partial charge in [-0.1, -0.05) is 12.1 Å². The van der Waals surface area contributed by atoms with Crippen LogP contribution >= 0.6 is 0 Å². The van der Waals surface area contributed by atoms with Crippen molar-refractivity contribution in [1.82, 2.24) is 44.9 Å². The van der Waals surface area contributed by atoms with Gasteiger partial charge in [-0.25, -0.2) is 15.0 Å². The highest BCUT2D eigenvalue weighted by Gasteiger charge is 2.42. The number of aromatic amines is 4. The van der Waals surface area contributed by atoms with Crippen LogP contribution in [-0.4, -0.2) is 87.8 Å². The maximum atomic E-state index is 14.0. The SMILES string of the molecule is O=C(Nc1ccc(-c2nc3cc4[nH]ccc4cc3[nH]2)cc1)[C@@H]1CCCN1C(=O)[C@@H]1CCCN1C(=O)c1ccc(-c2nc3cc4c[nH][nH]c4cc3n2)cc1. The Balaban J connectivity index is 0.805. The number of likely N-dealkylation sites (tertiary alicyclic amines) is 2. The Morgan fingerprint density at radius 3 is 2.26 bits per heavy atom. The van der Waals surface area contributed by atoms with Gasteiger partial charge in [-0.05, 0) is 92.4 Å². The van der Waals surface area contributed by atoms with Gasteiger partial charge in [-0.2, -0.15) is 0 Å². The van der Waals surface area contributed by atoms with Crippen molar-refractivity contribution < 1.29 is 14.4 Å². The molecule has 262 valence electrons. The summed E-state index contributed by atoms with van der Waals surface area (Å²) in [5.74, 6) is 0.726. The standard InChI is InChI=1S/C40H34N10O3/c51-38(43-27-11-9-23(10-12-27)37-44-30-17-25-13-14-41-28(25)19-32(30)46-37)34-3-1-15-49(34)40(53)35-4-2-16-50(35)39(52)24-7-5-22(6-8-24)36-45-31-18-26-21-42-48-29(26)20-33(31)47-36/h5-14,17-21,34-35,41-42,48H,1-4,15-16H2,(H,43,51)(H,44,46)/t34-,35-/m0/s1. The van der Waals surface area contributed by atoms with E-state index in [2.05, 4.69) is 31.5 Å². The van der Waals surface area contributed by atoms with Gasteiger partial charge < -0.3 is 35.3 Å². The molecule has 6 heterocycles. The molecule has 2 aliphatic heterocycles. The zero-order valence-electron chi connectivity index (χ0n) is 28.5. The van der Waals surface area contributed by atoms with E-state index in [1.165, 1.54) is 0 Å². The zero-order valence-corrected chi connectivity index (χ0v) is 28.5. The molecule has 13 nitrogen and oxygen atoms in total. The van der Waals surface area contributed by atoms with Crippen LogP contribution in [0.5, 0.6) is 0 Å². The normalized spacial score (nSPS) is 17.5.